The largest absolute Gasteiger partial charge is 0.494 e. The second kappa shape index (κ2) is 5.32. The molecule has 22 heavy (non-hydrogen) atoms. The van der Waals surface area contributed by atoms with Crippen LogP contribution >= 0.6 is 0 Å². The van der Waals surface area contributed by atoms with Crippen molar-refractivity contribution in [3.05, 3.63) is 23.8 Å². The van der Waals surface area contributed by atoms with Crippen molar-refractivity contribution < 1.29 is 9.84 Å². The van der Waals surface area contributed by atoms with Crippen LogP contribution < -0.4 is 5.32 Å². The van der Waals surface area contributed by atoms with Crippen LogP contribution in [0.5, 0.6) is 5.88 Å². The smallest absolute Gasteiger partial charge is 0.201 e. The van der Waals surface area contributed by atoms with Crippen LogP contribution in [0, 0.1) is 0 Å². The third-order valence-electron chi connectivity index (χ3n) is 4.71. The Balaban J connectivity index is 1.80. The number of hydrogen-bond donors (Lipinski definition) is 2. The fourth-order valence-corrected chi connectivity index (χ4v) is 3.20. The highest BCUT2D eigenvalue weighted by molar-refractivity contribution is 6.14. The normalized spacial score (nSPS) is 19.0. The molecule has 2 aromatic rings. The lowest BCUT2D eigenvalue weighted by Gasteiger charge is -2.27. The molecule has 0 radical (unpaired) electrons. The van der Waals surface area contributed by atoms with Gasteiger partial charge in [-0.25, -0.2) is 0 Å². The Morgan fingerprint density at radius 1 is 1.36 bits per heavy atom. The third-order valence-corrected chi connectivity index (χ3v) is 4.71. The van der Waals surface area contributed by atoms with Crippen LogP contribution in [-0.2, 0) is 11.8 Å². The summed E-state index contributed by atoms with van der Waals surface area (Å²) in [6.45, 7) is 1.78. The van der Waals surface area contributed by atoms with Gasteiger partial charge in [0.05, 0.1) is 36.6 Å². The molecule has 1 aromatic heterocycles. The highest BCUT2D eigenvalue weighted by atomic mass is 16.5. The molecule has 1 aliphatic carbocycles. The average Bonchev–Trinajstić information content (AvgIpc) is 2.75. The lowest BCUT2D eigenvalue weighted by atomic mass is 9.93. The summed E-state index contributed by atoms with van der Waals surface area (Å²) >= 11 is 0. The van der Waals surface area contributed by atoms with Crippen LogP contribution in [0.25, 0.3) is 10.9 Å². The van der Waals surface area contributed by atoms with Gasteiger partial charge in [-0.15, -0.1) is 0 Å². The molecular weight excluding hydrogens is 278 g/mol. The fourth-order valence-electron chi connectivity index (χ4n) is 3.20. The van der Waals surface area contributed by atoms with Crippen LogP contribution in [0.4, 0.5) is 5.69 Å². The number of ether oxygens (including phenoxy) is 1. The van der Waals surface area contributed by atoms with E-state index in [9.17, 15) is 5.11 Å². The van der Waals surface area contributed by atoms with Gasteiger partial charge in [0.25, 0.3) is 0 Å². The first-order valence-corrected chi connectivity index (χ1v) is 7.93. The van der Waals surface area contributed by atoms with E-state index in [1.165, 1.54) is 19.3 Å². The number of rotatable bonds is 3. The number of nitrogens with zero attached hydrogens (tertiary/aromatic N) is 2. The Hall–Kier alpha value is -2.01. The number of aromatic hydroxyl groups is 1. The number of hydrogen-bond acceptors (Lipinski definition) is 4. The topological polar surface area (TPSA) is 58.8 Å². The number of aryl methyl sites for hydroxylation is 1. The molecule has 1 saturated carbocycles. The lowest BCUT2D eigenvalue weighted by Crippen LogP contribution is -2.26. The van der Waals surface area contributed by atoms with Crippen molar-refractivity contribution in [3.63, 3.8) is 0 Å². The van der Waals surface area contributed by atoms with Crippen LogP contribution in [0.3, 0.4) is 0 Å². The second-order valence-corrected chi connectivity index (χ2v) is 6.14. The molecule has 0 spiro atoms. The van der Waals surface area contributed by atoms with Gasteiger partial charge in [-0.2, -0.15) is 0 Å². The van der Waals surface area contributed by atoms with E-state index in [1.807, 2.05) is 11.6 Å². The fraction of sp³-hybridized carbons (Fsp3) is 0.471. The van der Waals surface area contributed by atoms with E-state index < -0.39 is 0 Å². The molecule has 0 saturated heterocycles. The first kappa shape index (κ1) is 13.6. The van der Waals surface area contributed by atoms with Crippen LogP contribution in [0.2, 0.25) is 0 Å². The summed E-state index contributed by atoms with van der Waals surface area (Å²) in [5.41, 5.74) is 3.78. The number of anilines is 1. The summed E-state index contributed by atoms with van der Waals surface area (Å²) in [7, 11) is 1.88. The van der Waals surface area contributed by atoms with E-state index in [-0.39, 0.29) is 5.88 Å². The zero-order valence-electron chi connectivity index (χ0n) is 12.8. The molecule has 1 aliphatic heterocycles. The van der Waals surface area contributed by atoms with E-state index in [2.05, 4.69) is 28.5 Å². The molecule has 5 heteroatoms. The van der Waals surface area contributed by atoms with Gasteiger partial charge in [0.2, 0.25) is 5.88 Å². The Morgan fingerprint density at radius 2 is 2.23 bits per heavy atom. The molecule has 0 bridgehead atoms. The molecule has 1 fully saturated rings. The summed E-state index contributed by atoms with van der Waals surface area (Å²) < 4.78 is 7.32. The molecule has 2 N–H and O–H groups in total. The SMILES string of the molecule is Cn1c(O)c(C2=NCCOC2)c2cc(NC3CCC3)ccc21. The number of aliphatic imine (C=N–C) groups is 1. The van der Waals surface area contributed by atoms with Gasteiger partial charge in [-0.3, -0.25) is 4.99 Å². The first-order chi connectivity index (χ1) is 10.7. The maximum atomic E-state index is 10.5. The predicted octanol–water partition coefficient (Wildman–Crippen LogP) is 2.67. The second-order valence-electron chi connectivity index (χ2n) is 6.14. The molecular formula is C17H21N3O2. The van der Waals surface area contributed by atoms with Gasteiger partial charge in [0.1, 0.15) is 0 Å². The van der Waals surface area contributed by atoms with Crippen LogP contribution in [0.15, 0.2) is 23.2 Å². The summed E-state index contributed by atoms with van der Waals surface area (Å²) in [5, 5.41) is 15.1. The molecule has 5 nitrogen and oxygen atoms in total. The van der Waals surface area contributed by atoms with Crippen molar-refractivity contribution in [1.29, 1.82) is 0 Å². The standard InChI is InChI=1S/C17H21N3O2/c1-20-15-6-5-12(19-11-3-2-4-11)9-13(15)16(17(20)21)14-10-22-8-7-18-14/h5-6,9,11,19,21H,2-4,7-8,10H2,1H3. The molecule has 0 amide bonds. The lowest BCUT2D eigenvalue weighted by molar-refractivity contribution is 0.171. The van der Waals surface area contributed by atoms with Gasteiger partial charge in [0, 0.05) is 24.2 Å². The summed E-state index contributed by atoms with van der Waals surface area (Å²) in [6, 6.07) is 6.86. The average molecular weight is 299 g/mol. The molecule has 4 rings (SSSR count). The van der Waals surface area contributed by atoms with E-state index in [0.717, 1.165) is 27.9 Å². The zero-order valence-corrected chi connectivity index (χ0v) is 12.8. The Kier molecular flexibility index (Phi) is 3.30. The van der Waals surface area contributed by atoms with Crippen LogP contribution in [-0.4, -0.2) is 41.2 Å². The predicted molar refractivity (Wildman–Crippen MR) is 88.1 cm³/mol. The number of aromatic nitrogens is 1. The molecule has 0 unspecified atom stereocenters. The van der Waals surface area contributed by atoms with E-state index in [0.29, 0.717) is 25.8 Å². The monoisotopic (exact) mass is 299 g/mol. The third kappa shape index (κ3) is 2.16. The maximum absolute atomic E-state index is 10.5. The van der Waals surface area contributed by atoms with Gasteiger partial charge >= 0.3 is 0 Å². The molecule has 116 valence electrons. The minimum atomic E-state index is 0.264. The summed E-state index contributed by atoms with van der Waals surface area (Å²) in [4.78, 5) is 4.54. The highest BCUT2D eigenvalue weighted by Gasteiger charge is 2.22. The van der Waals surface area contributed by atoms with Crippen molar-refractivity contribution >= 4 is 22.3 Å². The quantitative estimate of drug-likeness (QED) is 0.916. The van der Waals surface area contributed by atoms with Crippen molar-refractivity contribution in [3.8, 4) is 5.88 Å². The Morgan fingerprint density at radius 3 is 2.91 bits per heavy atom. The summed E-state index contributed by atoms with van der Waals surface area (Å²) in [5.74, 6) is 0.264. The van der Waals surface area contributed by atoms with E-state index in [1.54, 1.807) is 0 Å². The summed E-state index contributed by atoms with van der Waals surface area (Å²) in [6.07, 6.45) is 3.79. The number of nitrogens with one attached hydrogen (secondary N) is 1. The highest BCUT2D eigenvalue weighted by Crippen LogP contribution is 2.34. The Labute approximate surface area is 129 Å². The van der Waals surface area contributed by atoms with E-state index >= 15 is 0 Å². The molecule has 1 aromatic carbocycles. The maximum Gasteiger partial charge on any atom is 0.201 e. The number of benzene rings is 1. The van der Waals surface area contributed by atoms with Gasteiger partial charge in [-0.1, -0.05) is 0 Å². The minimum Gasteiger partial charge on any atom is -0.494 e. The van der Waals surface area contributed by atoms with Gasteiger partial charge in [0.15, 0.2) is 0 Å². The van der Waals surface area contributed by atoms with Gasteiger partial charge < -0.3 is 19.7 Å². The zero-order chi connectivity index (χ0) is 15.1. The van der Waals surface area contributed by atoms with Crippen molar-refractivity contribution in [1.82, 2.24) is 4.57 Å². The molecule has 0 atom stereocenters. The van der Waals surface area contributed by atoms with Crippen molar-refractivity contribution in [2.24, 2.45) is 12.0 Å². The van der Waals surface area contributed by atoms with Crippen molar-refractivity contribution in [2.75, 3.05) is 25.1 Å². The van der Waals surface area contributed by atoms with Gasteiger partial charge in [-0.05, 0) is 37.5 Å². The Bertz CT molecular complexity index is 744. The van der Waals surface area contributed by atoms with Crippen molar-refractivity contribution in [2.45, 2.75) is 25.3 Å². The number of fused-ring (bicyclic) bond motifs is 1. The van der Waals surface area contributed by atoms with E-state index in [4.69, 9.17) is 4.74 Å². The minimum absolute atomic E-state index is 0.264. The van der Waals surface area contributed by atoms with Crippen LogP contribution in [0.1, 0.15) is 24.8 Å². The molecule has 2 heterocycles. The first-order valence-electron chi connectivity index (χ1n) is 7.93. The molecule has 2 aliphatic rings.